The number of aryl methyl sites for hydroxylation is 1. The van der Waals surface area contributed by atoms with E-state index in [4.69, 9.17) is 9.57 Å². The normalized spacial score (nSPS) is 12.2. The van der Waals surface area contributed by atoms with E-state index in [-0.39, 0.29) is 6.10 Å². The van der Waals surface area contributed by atoms with Gasteiger partial charge in [0.2, 0.25) is 0 Å². The van der Waals surface area contributed by atoms with Gasteiger partial charge in [-0.15, -0.1) is 11.3 Å². The van der Waals surface area contributed by atoms with Gasteiger partial charge in [-0.2, -0.15) is 0 Å². The first kappa shape index (κ1) is 14.2. The molecule has 1 atom stereocenters. The number of nitrogens with zero attached hydrogens (tertiary/aromatic N) is 2. The number of halogens is 1. The van der Waals surface area contributed by atoms with Crippen LogP contribution in [0.3, 0.4) is 0 Å². The van der Waals surface area contributed by atoms with Crippen LogP contribution in [-0.2, 0) is 4.84 Å². The summed E-state index contributed by atoms with van der Waals surface area (Å²) in [4.78, 5) is 13.5. The molecule has 1 N–H and O–H groups in total. The summed E-state index contributed by atoms with van der Waals surface area (Å²) in [7, 11) is 1.53. The van der Waals surface area contributed by atoms with E-state index in [1.165, 1.54) is 7.11 Å². The van der Waals surface area contributed by atoms with E-state index < -0.39 is 0 Å². The van der Waals surface area contributed by atoms with E-state index in [0.717, 1.165) is 15.2 Å². The lowest BCUT2D eigenvalue weighted by Crippen LogP contribution is -2.07. The van der Waals surface area contributed by atoms with Crippen LogP contribution < -0.4 is 10.2 Å². The molecule has 0 aliphatic heterocycles. The SMILES string of the molecule is CONc1ncc(Br)cc1OC(C)c1csc(C)n1. The summed E-state index contributed by atoms with van der Waals surface area (Å²) < 4.78 is 6.73. The molecule has 1 unspecified atom stereocenters. The highest BCUT2D eigenvalue weighted by Crippen LogP contribution is 2.30. The Balaban J connectivity index is 2.19. The van der Waals surface area contributed by atoms with Crippen LogP contribution in [0, 0.1) is 6.92 Å². The Bertz CT molecular complexity index is 562. The summed E-state index contributed by atoms with van der Waals surface area (Å²) in [5.74, 6) is 1.14. The van der Waals surface area contributed by atoms with Gasteiger partial charge < -0.3 is 4.74 Å². The molecule has 2 aromatic rings. The number of nitrogens with one attached hydrogen (secondary N) is 1. The molecule has 19 heavy (non-hydrogen) atoms. The fourth-order valence-corrected chi connectivity index (χ4v) is 2.51. The summed E-state index contributed by atoms with van der Waals surface area (Å²) in [6.45, 7) is 3.92. The number of anilines is 1. The molecule has 5 nitrogen and oxygen atoms in total. The van der Waals surface area contributed by atoms with Crippen LogP contribution >= 0.6 is 27.3 Å². The van der Waals surface area contributed by atoms with Gasteiger partial charge >= 0.3 is 0 Å². The molecule has 0 aliphatic rings. The van der Waals surface area contributed by atoms with Gasteiger partial charge in [0.1, 0.15) is 6.10 Å². The van der Waals surface area contributed by atoms with Gasteiger partial charge in [-0.1, -0.05) is 0 Å². The Morgan fingerprint density at radius 1 is 1.47 bits per heavy atom. The van der Waals surface area contributed by atoms with Crippen molar-refractivity contribution in [3.63, 3.8) is 0 Å². The molecule has 2 heterocycles. The van der Waals surface area contributed by atoms with Crippen LogP contribution in [0.4, 0.5) is 5.82 Å². The van der Waals surface area contributed by atoms with Crippen molar-refractivity contribution < 1.29 is 9.57 Å². The fraction of sp³-hybridized carbons (Fsp3) is 0.333. The minimum absolute atomic E-state index is 0.154. The summed E-state index contributed by atoms with van der Waals surface area (Å²) in [6.07, 6.45) is 1.52. The van der Waals surface area contributed by atoms with Crippen molar-refractivity contribution in [2.24, 2.45) is 0 Å². The van der Waals surface area contributed by atoms with Gasteiger partial charge in [-0.05, 0) is 35.8 Å². The highest BCUT2D eigenvalue weighted by Gasteiger charge is 2.14. The minimum Gasteiger partial charge on any atom is -0.480 e. The highest BCUT2D eigenvalue weighted by atomic mass is 79.9. The van der Waals surface area contributed by atoms with Crippen LogP contribution in [0.25, 0.3) is 0 Å². The third kappa shape index (κ3) is 3.65. The molecule has 0 amide bonds. The van der Waals surface area contributed by atoms with E-state index in [1.807, 2.05) is 25.3 Å². The first-order chi connectivity index (χ1) is 9.10. The molecule has 7 heteroatoms. The van der Waals surface area contributed by atoms with Crippen LogP contribution in [-0.4, -0.2) is 17.1 Å². The molecular weight excluding hydrogens is 330 g/mol. The minimum atomic E-state index is -0.154. The summed E-state index contributed by atoms with van der Waals surface area (Å²) in [5.41, 5.74) is 3.60. The molecule has 2 rings (SSSR count). The van der Waals surface area contributed by atoms with E-state index >= 15 is 0 Å². The number of rotatable bonds is 5. The molecule has 102 valence electrons. The second-order valence-corrected chi connectivity index (χ2v) is 5.84. The Morgan fingerprint density at radius 3 is 2.89 bits per heavy atom. The lowest BCUT2D eigenvalue weighted by molar-refractivity contribution is 0.216. The predicted octanol–water partition coefficient (Wildman–Crippen LogP) is 3.72. The van der Waals surface area contributed by atoms with Crippen molar-refractivity contribution >= 4 is 33.1 Å². The molecule has 0 spiro atoms. The summed E-state index contributed by atoms with van der Waals surface area (Å²) in [5, 5.41) is 3.02. The van der Waals surface area contributed by atoms with Crippen molar-refractivity contribution in [3.05, 3.63) is 32.8 Å². The second kappa shape index (κ2) is 6.31. The van der Waals surface area contributed by atoms with E-state index in [0.29, 0.717) is 11.6 Å². The first-order valence-electron chi connectivity index (χ1n) is 5.63. The van der Waals surface area contributed by atoms with Crippen molar-refractivity contribution in [1.82, 2.24) is 9.97 Å². The first-order valence-corrected chi connectivity index (χ1v) is 7.30. The molecular formula is C12H14BrN3O2S. The van der Waals surface area contributed by atoms with E-state index in [2.05, 4.69) is 31.4 Å². The molecule has 0 fully saturated rings. The van der Waals surface area contributed by atoms with Crippen LogP contribution in [0.2, 0.25) is 0 Å². The number of thiazole rings is 1. The molecule has 0 saturated carbocycles. The van der Waals surface area contributed by atoms with Crippen LogP contribution in [0.5, 0.6) is 5.75 Å². The number of ether oxygens (including phenoxy) is 1. The predicted molar refractivity (Wildman–Crippen MR) is 78.5 cm³/mol. The average molecular weight is 344 g/mol. The Kier molecular flexibility index (Phi) is 4.73. The zero-order chi connectivity index (χ0) is 13.8. The zero-order valence-electron chi connectivity index (χ0n) is 10.8. The zero-order valence-corrected chi connectivity index (χ0v) is 13.2. The smallest absolute Gasteiger partial charge is 0.192 e. The standard InChI is InChI=1S/C12H14BrN3O2S/c1-7(10-6-19-8(2)15-10)18-11-4-9(13)5-14-12(11)16-17-3/h4-7H,1-3H3,(H,14,16). The quantitative estimate of drug-likeness (QED) is 0.838. The van der Waals surface area contributed by atoms with E-state index in [1.54, 1.807) is 17.5 Å². The van der Waals surface area contributed by atoms with Gasteiger partial charge in [0.15, 0.2) is 11.6 Å². The monoisotopic (exact) mass is 343 g/mol. The summed E-state index contributed by atoms with van der Waals surface area (Å²) in [6, 6.07) is 1.84. The Morgan fingerprint density at radius 2 is 2.26 bits per heavy atom. The van der Waals surface area contributed by atoms with Crippen molar-refractivity contribution in [2.75, 3.05) is 12.6 Å². The van der Waals surface area contributed by atoms with Gasteiger partial charge in [-0.25, -0.2) is 15.4 Å². The van der Waals surface area contributed by atoms with Crippen molar-refractivity contribution in [2.45, 2.75) is 20.0 Å². The maximum absolute atomic E-state index is 5.89. The lowest BCUT2D eigenvalue weighted by Gasteiger charge is -2.15. The van der Waals surface area contributed by atoms with Crippen molar-refractivity contribution in [3.8, 4) is 5.75 Å². The number of pyridine rings is 1. The maximum Gasteiger partial charge on any atom is 0.192 e. The number of hydrogen-bond acceptors (Lipinski definition) is 6. The Labute approximate surface area is 124 Å². The van der Waals surface area contributed by atoms with E-state index in [9.17, 15) is 0 Å². The molecule has 0 radical (unpaired) electrons. The lowest BCUT2D eigenvalue weighted by atomic mass is 10.3. The largest absolute Gasteiger partial charge is 0.480 e. The average Bonchev–Trinajstić information content (AvgIpc) is 2.80. The third-order valence-electron chi connectivity index (χ3n) is 2.38. The maximum atomic E-state index is 5.89. The second-order valence-electron chi connectivity index (χ2n) is 3.86. The van der Waals surface area contributed by atoms with Crippen molar-refractivity contribution in [1.29, 1.82) is 0 Å². The van der Waals surface area contributed by atoms with Gasteiger partial charge in [0, 0.05) is 16.0 Å². The third-order valence-corrected chi connectivity index (χ3v) is 3.60. The van der Waals surface area contributed by atoms with Crippen LogP contribution in [0.15, 0.2) is 22.1 Å². The molecule has 2 aromatic heterocycles. The fourth-order valence-electron chi connectivity index (χ4n) is 1.50. The summed E-state index contributed by atoms with van der Waals surface area (Å²) >= 11 is 4.98. The Hall–Kier alpha value is -1.18. The topological polar surface area (TPSA) is 56.3 Å². The molecule has 0 aromatic carbocycles. The van der Waals surface area contributed by atoms with Gasteiger partial charge in [0.25, 0.3) is 0 Å². The van der Waals surface area contributed by atoms with Gasteiger partial charge in [-0.3, -0.25) is 4.84 Å². The van der Waals surface area contributed by atoms with Crippen LogP contribution in [0.1, 0.15) is 23.7 Å². The highest BCUT2D eigenvalue weighted by molar-refractivity contribution is 9.10. The number of aromatic nitrogens is 2. The van der Waals surface area contributed by atoms with Gasteiger partial charge in [0.05, 0.1) is 17.8 Å². The molecule has 0 aliphatic carbocycles. The molecule has 0 saturated heterocycles. The number of hydrogen-bond donors (Lipinski definition) is 1. The molecule has 0 bridgehead atoms.